The van der Waals surface area contributed by atoms with Crippen LogP contribution in [0.1, 0.15) is 27.2 Å². The maximum absolute atomic E-state index is 12.5. The molecule has 2 aromatic heterocycles. The van der Waals surface area contributed by atoms with E-state index in [2.05, 4.69) is 21.3 Å². The van der Waals surface area contributed by atoms with E-state index in [9.17, 15) is 9.59 Å². The summed E-state index contributed by atoms with van der Waals surface area (Å²) in [6.45, 7) is 10.6. The van der Waals surface area contributed by atoms with Crippen LogP contribution < -0.4 is 21.5 Å². The maximum Gasteiger partial charge on any atom is 0.330 e. The molecular weight excluding hydrogens is 320 g/mol. The number of piperazine rings is 1. The molecule has 0 aliphatic carbocycles. The van der Waals surface area contributed by atoms with Crippen molar-refractivity contribution in [3.63, 3.8) is 0 Å². The highest BCUT2D eigenvalue weighted by molar-refractivity contribution is 5.74. The normalized spacial score (nSPS) is 14.9. The summed E-state index contributed by atoms with van der Waals surface area (Å²) < 4.78 is 3.50. The van der Waals surface area contributed by atoms with Crippen molar-refractivity contribution in [1.29, 1.82) is 0 Å². The van der Waals surface area contributed by atoms with Crippen LogP contribution in [0, 0.1) is 0 Å². The van der Waals surface area contributed by atoms with Crippen LogP contribution in [-0.4, -0.2) is 45.3 Å². The number of nitrogens with one attached hydrogen (secondary N) is 2. The summed E-state index contributed by atoms with van der Waals surface area (Å²) in [6.07, 6.45) is 2.87. The number of allylic oxidation sites excluding steroid dienone is 2. The monoisotopic (exact) mass is 346 g/mol. The molecule has 1 aliphatic heterocycles. The molecule has 0 unspecified atom stereocenters. The fraction of sp³-hybridized carbons (Fsp3) is 0.588. The van der Waals surface area contributed by atoms with E-state index in [4.69, 9.17) is 4.98 Å². The van der Waals surface area contributed by atoms with Gasteiger partial charge in [0.2, 0.25) is 5.95 Å². The van der Waals surface area contributed by atoms with E-state index < -0.39 is 5.69 Å². The second-order valence-corrected chi connectivity index (χ2v) is 6.62. The van der Waals surface area contributed by atoms with Crippen LogP contribution in [0.5, 0.6) is 0 Å². The molecule has 0 atom stereocenters. The maximum atomic E-state index is 12.5. The number of fused-ring (bicyclic) bond motifs is 1. The number of H-pyrrole nitrogens is 1. The van der Waals surface area contributed by atoms with E-state index >= 15 is 0 Å². The van der Waals surface area contributed by atoms with Crippen molar-refractivity contribution in [3.05, 3.63) is 32.5 Å². The van der Waals surface area contributed by atoms with Gasteiger partial charge in [0.25, 0.3) is 5.56 Å². The molecule has 0 saturated carbocycles. The van der Waals surface area contributed by atoms with Gasteiger partial charge in [-0.1, -0.05) is 18.6 Å². The lowest BCUT2D eigenvalue weighted by Gasteiger charge is -2.28. The predicted molar refractivity (Wildman–Crippen MR) is 99.4 cm³/mol. The number of nitrogens with zero attached hydrogens (tertiary/aromatic N) is 4. The van der Waals surface area contributed by atoms with E-state index in [1.165, 1.54) is 5.57 Å². The lowest BCUT2D eigenvalue weighted by atomic mass is 10.3. The molecule has 0 spiro atoms. The van der Waals surface area contributed by atoms with Crippen molar-refractivity contribution in [2.45, 2.75) is 40.3 Å². The summed E-state index contributed by atoms with van der Waals surface area (Å²) in [4.78, 5) is 34.1. The van der Waals surface area contributed by atoms with E-state index in [0.29, 0.717) is 24.3 Å². The van der Waals surface area contributed by atoms with Gasteiger partial charge < -0.3 is 14.8 Å². The Balaban J connectivity index is 2.25. The first-order chi connectivity index (χ1) is 12.0. The summed E-state index contributed by atoms with van der Waals surface area (Å²) in [5, 5.41) is 3.33. The molecule has 1 aliphatic rings. The second kappa shape index (κ2) is 7.26. The minimum absolute atomic E-state index is 0.372. The van der Waals surface area contributed by atoms with Crippen LogP contribution >= 0.6 is 0 Å². The minimum atomic E-state index is -0.391. The SMILES string of the molecule is CCCn1c(=O)[nH]c(=O)c2c1nc(N1CCNCC1)n2CC=C(C)C. The number of hydrogen-bond donors (Lipinski definition) is 2. The number of aryl methyl sites for hydroxylation is 1. The Morgan fingerprint density at radius 2 is 1.92 bits per heavy atom. The highest BCUT2D eigenvalue weighted by atomic mass is 16.2. The first-order valence-electron chi connectivity index (χ1n) is 8.85. The van der Waals surface area contributed by atoms with Crippen LogP contribution in [0.2, 0.25) is 0 Å². The van der Waals surface area contributed by atoms with Gasteiger partial charge in [0.1, 0.15) is 0 Å². The molecule has 1 fully saturated rings. The lowest BCUT2D eigenvalue weighted by molar-refractivity contribution is 0.572. The summed E-state index contributed by atoms with van der Waals surface area (Å²) in [7, 11) is 0. The molecule has 2 N–H and O–H groups in total. The van der Waals surface area contributed by atoms with Gasteiger partial charge in [0.05, 0.1) is 0 Å². The molecule has 1 saturated heterocycles. The van der Waals surface area contributed by atoms with E-state index in [1.54, 1.807) is 4.57 Å². The van der Waals surface area contributed by atoms with Gasteiger partial charge in [0, 0.05) is 39.3 Å². The molecule has 0 radical (unpaired) electrons. The van der Waals surface area contributed by atoms with Crippen molar-refractivity contribution in [3.8, 4) is 0 Å². The Hall–Kier alpha value is -2.35. The zero-order chi connectivity index (χ0) is 18.0. The average Bonchev–Trinajstić information content (AvgIpc) is 2.97. The van der Waals surface area contributed by atoms with Crippen LogP contribution in [0.15, 0.2) is 21.2 Å². The Labute approximate surface area is 146 Å². The third-order valence-electron chi connectivity index (χ3n) is 4.39. The number of rotatable bonds is 5. The van der Waals surface area contributed by atoms with Crippen LogP contribution in [-0.2, 0) is 13.1 Å². The fourth-order valence-electron chi connectivity index (χ4n) is 3.15. The summed E-state index contributed by atoms with van der Waals surface area (Å²) >= 11 is 0. The Morgan fingerprint density at radius 1 is 1.20 bits per heavy atom. The molecule has 0 amide bonds. The van der Waals surface area contributed by atoms with Gasteiger partial charge >= 0.3 is 5.69 Å². The number of anilines is 1. The van der Waals surface area contributed by atoms with Crippen molar-refractivity contribution in [2.75, 3.05) is 31.1 Å². The van der Waals surface area contributed by atoms with Crippen LogP contribution in [0.4, 0.5) is 5.95 Å². The molecule has 2 aromatic rings. The quantitative estimate of drug-likeness (QED) is 0.777. The van der Waals surface area contributed by atoms with Crippen molar-refractivity contribution < 1.29 is 0 Å². The molecule has 3 rings (SSSR count). The Morgan fingerprint density at radius 3 is 2.56 bits per heavy atom. The van der Waals surface area contributed by atoms with Gasteiger partial charge in [-0.05, 0) is 20.3 Å². The van der Waals surface area contributed by atoms with Crippen molar-refractivity contribution >= 4 is 17.1 Å². The highest BCUT2D eigenvalue weighted by Gasteiger charge is 2.22. The van der Waals surface area contributed by atoms with Crippen molar-refractivity contribution in [1.82, 2.24) is 24.4 Å². The molecule has 25 heavy (non-hydrogen) atoms. The van der Waals surface area contributed by atoms with Crippen LogP contribution in [0.3, 0.4) is 0 Å². The molecule has 8 nitrogen and oxygen atoms in total. The largest absolute Gasteiger partial charge is 0.340 e. The number of imidazole rings is 1. The lowest BCUT2D eigenvalue weighted by Crippen LogP contribution is -2.44. The first kappa shape index (κ1) is 17.5. The van der Waals surface area contributed by atoms with Gasteiger partial charge in [-0.2, -0.15) is 4.98 Å². The zero-order valence-corrected chi connectivity index (χ0v) is 15.1. The smallest absolute Gasteiger partial charge is 0.330 e. The highest BCUT2D eigenvalue weighted by Crippen LogP contribution is 2.20. The summed E-state index contributed by atoms with van der Waals surface area (Å²) in [6, 6.07) is 0. The number of aromatic nitrogens is 4. The Kier molecular flexibility index (Phi) is 5.08. The molecule has 136 valence electrons. The van der Waals surface area contributed by atoms with Gasteiger partial charge in [-0.25, -0.2) is 4.79 Å². The predicted octanol–water partition coefficient (Wildman–Crippen LogP) is 0.672. The summed E-state index contributed by atoms with van der Waals surface area (Å²) in [5.41, 5.74) is 1.36. The van der Waals surface area contributed by atoms with E-state index in [0.717, 1.165) is 38.5 Å². The second-order valence-electron chi connectivity index (χ2n) is 6.62. The minimum Gasteiger partial charge on any atom is -0.340 e. The van der Waals surface area contributed by atoms with E-state index in [-0.39, 0.29) is 5.56 Å². The number of aromatic amines is 1. The average molecular weight is 346 g/mol. The van der Waals surface area contributed by atoms with Gasteiger partial charge in [0.15, 0.2) is 11.2 Å². The standard InChI is InChI=1S/C17H26N6O2/c1-4-8-23-14-13(15(24)20-17(23)25)22(9-5-12(2)3)16(19-14)21-10-6-18-7-11-21/h5,18H,4,6-11H2,1-3H3,(H,20,24,25). The molecule has 0 bridgehead atoms. The van der Waals surface area contributed by atoms with Crippen LogP contribution in [0.25, 0.3) is 11.2 Å². The molecule has 0 aromatic carbocycles. The number of hydrogen-bond acceptors (Lipinski definition) is 5. The third-order valence-corrected chi connectivity index (χ3v) is 4.39. The van der Waals surface area contributed by atoms with Gasteiger partial charge in [-0.3, -0.25) is 14.3 Å². The molecule has 3 heterocycles. The summed E-state index contributed by atoms with van der Waals surface area (Å²) in [5.74, 6) is 0.759. The van der Waals surface area contributed by atoms with E-state index in [1.807, 2.05) is 25.3 Å². The Bertz CT molecular complexity index is 894. The zero-order valence-electron chi connectivity index (χ0n) is 15.1. The van der Waals surface area contributed by atoms with Gasteiger partial charge in [-0.15, -0.1) is 0 Å². The molecular formula is C17H26N6O2. The topological polar surface area (TPSA) is 87.9 Å². The fourth-order valence-corrected chi connectivity index (χ4v) is 3.15. The third kappa shape index (κ3) is 3.39. The first-order valence-corrected chi connectivity index (χ1v) is 8.85. The molecule has 8 heteroatoms. The van der Waals surface area contributed by atoms with Crippen molar-refractivity contribution in [2.24, 2.45) is 0 Å².